The molecule has 0 heterocycles. The van der Waals surface area contributed by atoms with Crippen LogP contribution in [0.3, 0.4) is 0 Å². The molecule has 0 spiro atoms. The number of halogens is 3. The largest absolute Gasteiger partial charge is 0.449 e. The Morgan fingerprint density at radius 1 is 1.21 bits per heavy atom. The first kappa shape index (κ1) is 15.3. The lowest BCUT2D eigenvalue weighted by molar-refractivity contribution is -0.137. The summed E-state index contributed by atoms with van der Waals surface area (Å²) in [4.78, 5) is 11.3. The summed E-state index contributed by atoms with van der Waals surface area (Å²) in [5.74, 6) is 0. The lowest BCUT2D eigenvalue weighted by Gasteiger charge is -2.09. The van der Waals surface area contributed by atoms with E-state index in [4.69, 9.17) is 4.74 Å². The van der Waals surface area contributed by atoms with Crippen molar-refractivity contribution in [2.45, 2.75) is 25.4 Å². The third-order valence-electron chi connectivity index (χ3n) is 2.34. The fraction of sp³-hybridized carbons (Fsp3) is 0.385. The van der Waals surface area contributed by atoms with Gasteiger partial charge in [-0.05, 0) is 30.7 Å². The first-order chi connectivity index (χ1) is 8.93. The minimum Gasteiger partial charge on any atom is -0.449 e. The molecule has 0 fully saturated rings. The Morgan fingerprint density at radius 2 is 1.84 bits per heavy atom. The number of carbonyl (C=O) groups excluding carboxylic acids is 1. The number of amides is 1. The molecule has 1 aromatic rings. The number of rotatable bonds is 5. The minimum absolute atomic E-state index is 0.259. The molecule has 1 aromatic carbocycles. The van der Waals surface area contributed by atoms with Gasteiger partial charge in [0.05, 0.1) is 12.2 Å². The van der Waals surface area contributed by atoms with Crippen molar-refractivity contribution in [1.29, 1.82) is 0 Å². The highest BCUT2D eigenvalue weighted by molar-refractivity contribution is 5.84. The van der Waals surface area contributed by atoms with Gasteiger partial charge >= 0.3 is 12.3 Å². The van der Waals surface area contributed by atoms with Crippen molar-refractivity contribution in [2.24, 2.45) is 0 Å². The van der Waals surface area contributed by atoms with Gasteiger partial charge in [-0.1, -0.05) is 19.8 Å². The minimum atomic E-state index is -4.38. The highest BCUT2D eigenvalue weighted by Gasteiger charge is 2.29. The van der Waals surface area contributed by atoms with E-state index >= 15 is 0 Å². The molecule has 0 saturated heterocycles. The number of hydrogen-bond donors (Lipinski definition) is 1. The average Bonchev–Trinajstić information content (AvgIpc) is 2.34. The number of hydrogen-bond acceptors (Lipinski definition) is 2. The Hall–Kier alpha value is -1.72. The zero-order chi connectivity index (χ0) is 14.3. The van der Waals surface area contributed by atoms with Gasteiger partial charge in [0.1, 0.15) is 0 Å². The van der Waals surface area contributed by atoms with Crippen LogP contribution >= 0.6 is 0 Å². The first-order valence-corrected chi connectivity index (χ1v) is 5.84. The maximum Gasteiger partial charge on any atom is 0.416 e. The number of ether oxygens (including phenoxy) is 1. The van der Waals surface area contributed by atoms with Gasteiger partial charge < -0.3 is 4.74 Å². The van der Waals surface area contributed by atoms with Crippen molar-refractivity contribution < 1.29 is 22.7 Å². The van der Waals surface area contributed by atoms with Crippen molar-refractivity contribution in [3.05, 3.63) is 36.8 Å². The van der Waals surface area contributed by atoms with Crippen molar-refractivity contribution in [2.75, 3.05) is 11.9 Å². The van der Waals surface area contributed by atoms with E-state index in [9.17, 15) is 18.0 Å². The normalized spacial score (nSPS) is 11.2. The van der Waals surface area contributed by atoms with Crippen LogP contribution in [0, 0.1) is 6.92 Å². The molecule has 1 rings (SSSR count). The van der Waals surface area contributed by atoms with Crippen LogP contribution in [-0.2, 0) is 10.9 Å². The number of unbranched alkanes of at least 4 members (excludes halogenated alkanes) is 2. The Labute approximate surface area is 109 Å². The molecule has 0 saturated carbocycles. The highest BCUT2D eigenvalue weighted by Crippen LogP contribution is 2.29. The summed E-state index contributed by atoms with van der Waals surface area (Å²) >= 11 is 0. The number of alkyl halides is 3. The summed E-state index contributed by atoms with van der Waals surface area (Å²) in [6.07, 6.45) is -2.72. The van der Waals surface area contributed by atoms with Crippen LogP contribution in [0.2, 0.25) is 0 Å². The van der Waals surface area contributed by atoms with Gasteiger partial charge in [-0.2, -0.15) is 13.2 Å². The average molecular weight is 274 g/mol. The van der Waals surface area contributed by atoms with Gasteiger partial charge in [-0.15, -0.1) is 0 Å². The smallest absolute Gasteiger partial charge is 0.416 e. The van der Waals surface area contributed by atoms with Crippen molar-refractivity contribution in [3.8, 4) is 0 Å². The van der Waals surface area contributed by atoms with Crippen LogP contribution in [0.1, 0.15) is 24.8 Å². The molecule has 0 unspecified atom stereocenters. The van der Waals surface area contributed by atoms with Crippen LogP contribution in [-0.4, -0.2) is 12.7 Å². The quantitative estimate of drug-likeness (QED) is 0.815. The molecule has 6 heteroatoms. The van der Waals surface area contributed by atoms with Gasteiger partial charge in [-0.3, -0.25) is 5.32 Å². The number of carbonyl (C=O) groups is 1. The van der Waals surface area contributed by atoms with Crippen LogP contribution in [0.15, 0.2) is 24.3 Å². The summed E-state index contributed by atoms with van der Waals surface area (Å²) < 4.78 is 41.8. The molecule has 1 radical (unpaired) electrons. The van der Waals surface area contributed by atoms with Crippen molar-refractivity contribution in [1.82, 2.24) is 0 Å². The van der Waals surface area contributed by atoms with Gasteiger partial charge in [0, 0.05) is 5.69 Å². The standard InChI is InChI=1S/C13H15F3NO2/c1-2-3-4-9-19-12(18)17-11-7-5-10(6-8-11)13(14,15)16/h5-8H,1-4,9H2,(H,17,18). The second-order valence-electron chi connectivity index (χ2n) is 3.90. The second-order valence-corrected chi connectivity index (χ2v) is 3.90. The van der Waals surface area contributed by atoms with Crippen LogP contribution in [0.4, 0.5) is 23.7 Å². The predicted octanol–water partition coefficient (Wildman–Crippen LogP) is 4.26. The molecule has 105 valence electrons. The monoisotopic (exact) mass is 274 g/mol. The molecule has 0 atom stereocenters. The maximum atomic E-state index is 12.3. The topological polar surface area (TPSA) is 38.3 Å². The second kappa shape index (κ2) is 7.01. The van der Waals surface area contributed by atoms with Gasteiger partial charge in [0.2, 0.25) is 0 Å². The molecule has 0 aliphatic heterocycles. The number of nitrogens with one attached hydrogen (secondary N) is 1. The Morgan fingerprint density at radius 3 is 2.37 bits per heavy atom. The molecular weight excluding hydrogens is 259 g/mol. The molecule has 3 nitrogen and oxygen atoms in total. The van der Waals surface area contributed by atoms with Gasteiger partial charge in [0.15, 0.2) is 0 Å². The molecule has 0 bridgehead atoms. The van der Waals surface area contributed by atoms with E-state index in [-0.39, 0.29) is 12.3 Å². The van der Waals surface area contributed by atoms with E-state index in [1.54, 1.807) is 0 Å². The Balaban J connectivity index is 2.43. The summed E-state index contributed by atoms with van der Waals surface area (Å²) in [6, 6.07) is 4.16. The van der Waals surface area contributed by atoms with E-state index in [0.29, 0.717) is 6.42 Å². The van der Waals surface area contributed by atoms with E-state index in [2.05, 4.69) is 12.2 Å². The summed E-state index contributed by atoms with van der Waals surface area (Å²) in [5, 5.41) is 2.35. The van der Waals surface area contributed by atoms with Crippen LogP contribution in [0.5, 0.6) is 0 Å². The third kappa shape index (κ3) is 5.63. The van der Waals surface area contributed by atoms with Gasteiger partial charge in [0.25, 0.3) is 0 Å². The predicted molar refractivity (Wildman–Crippen MR) is 65.6 cm³/mol. The van der Waals surface area contributed by atoms with Gasteiger partial charge in [-0.25, -0.2) is 4.79 Å². The van der Waals surface area contributed by atoms with Crippen LogP contribution in [0.25, 0.3) is 0 Å². The molecular formula is C13H15F3NO2. The lowest BCUT2D eigenvalue weighted by Crippen LogP contribution is -2.14. The summed E-state index contributed by atoms with van der Waals surface area (Å²) in [5.41, 5.74) is -0.503. The Kier molecular flexibility index (Phi) is 5.66. The lowest BCUT2D eigenvalue weighted by atomic mass is 10.2. The van der Waals surface area contributed by atoms with E-state index in [1.807, 2.05) is 0 Å². The molecule has 1 amide bonds. The zero-order valence-corrected chi connectivity index (χ0v) is 10.3. The SMILES string of the molecule is [CH2]CCCCOC(=O)Nc1ccc(C(F)(F)F)cc1. The molecule has 0 aliphatic carbocycles. The van der Waals surface area contributed by atoms with E-state index < -0.39 is 17.8 Å². The number of benzene rings is 1. The Bertz CT molecular complexity index is 401. The van der Waals surface area contributed by atoms with E-state index in [1.165, 1.54) is 12.1 Å². The summed E-state index contributed by atoms with van der Waals surface area (Å²) in [6.45, 7) is 3.92. The maximum absolute atomic E-state index is 12.3. The number of anilines is 1. The molecule has 0 aromatic heterocycles. The fourth-order valence-electron chi connectivity index (χ4n) is 1.34. The zero-order valence-electron chi connectivity index (χ0n) is 10.3. The summed E-state index contributed by atoms with van der Waals surface area (Å²) in [7, 11) is 0. The van der Waals surface area contributed by atoms with Crippen molar-refractivity contribution >= 4 is 11.8 Å². The van der Waals surface area contributed by atoms with Crippen molar-refractivity contribution in [3.63, 3.8) is 0 Å². The fourth-order valence-corrected chi connectivity index (χ4v) is 1.34. The molecule has 19 heavy (non-hydrogen) atoms. The van der Waals surface area contributed by atoms with Crippen LogP contribution < -0.4 is 5.32 Å². The molecule has 0 aliphatic rings. The molecule has 1 N–H and O–H groups in total. The third-order valence-corrected chi connectivity index (χ3v) is 2.34. The first-order valence-electron chi connectivity index (χ1n) is 5.84. The van der Waals surface area contributed by atoms with E-state index in [0.717, 1.165) is 25.0 Å². The highest BCUT2D eigenvalue weighted by atomic mass is 19.4.